The maximum atomic E-state index is 12.7. The van der Waals surface area contributed by atoms with E-state index in [0.29, 0.717) is 30.7 Å². The molecule has 1 aromatic heterocycles. The molecule has 2 amide bonds. The molecular weight excluding hydrogens is 346 g/mol. The molecule has 0 radical (unpaired) electrons. The van der Waals surface area contributed by atoms with Gasteiger partial charge in [0.15, 0.2) is 0 Å². The molecule has 2 aliphatic heterocycles. The minimum Gasteiger partial charge on any atom is -0.342 e. The van der Waals surface area contributed by atoms with Crippen molar-refractivity contribution < 1.29 is 9.59 Å². The van der Waals surface area contributed by atoms with Crippen LogP contribution in [0.2, 0.25) is 0 Å². The van der Waals surface area contributed by atoms with Crippen LogP contribution in [0.15, 0.2) is 24.5 Å². The van der Waals surface area contributed by atoms with Crippen LogP contribution in [0, 0.1) is 11.8 Å². The number of carbonyl (C=O) groups excluding carboxylic acids is 2. The second kappa shape index (κ2) is 9.40. The molecule has 26 heavy (non-hydrogen) atoms. The van der Waals surface area contributed by atoms with Gasteiger partial charge in [-0.15, -0.1) is 11.8 Å². The zero-order valence-electron chi connectivity index (χ0n) is 15.6. The zero-order chi connectivity index (χ0) is 18.4. The van der Waals surface area contributed by atoms with Gasteiger partial charge in [0.05, 0.1) is 5.75 Å². The van der Waals surface area contributed by atoms with Crippen LogP contribution in [0.3, 0.4) is 0 Å². The molecule has 1 atom stereocenters. The van der Waals surface area contributed by atoms with Gasteiger partial charge in [0.2, 0.25) is 11.8 Å². The van der Waals surface area contributed by atoms with Crippen molar-refractivity contribution in [3.05, 3.63) is 30.1 Å². The van der Waals surface area contributed by atoms with Crippen LogP contribution in [0.1, 0.15) is 38.2 Å². The Morgan fingerprint density at radius 2 is 1.85 bits per heavy atom. The molecule has 3 heterocycles. The topological polar surface area (TPSA) is 53.5 Å². The molecule has 0 N–H and O–H groups in total. The van der Waals surface area contributed by atoms with E-state index in [0.717, 1.165) is 38.1 Å². The summed E-state index contributed by atoms with van der Waals surface area (Å²) in [6.07, 6.45) is 7.53. The molecule has 142 valence electrons. The molecule has 2 fully saturated rings. The predicted octanol–water partition coefficient (Wildman–Crippen LogP) is 2.81. The third-order valence-electron chi connectivity index (χ3n) is 5.41. The van der Waals surface area contributed by atoms with Crippen LogP contribution in [0.4, 0.5) is 0 Å². The number of hydrogen-bond donors (Lipinski definition) is 0. The highest BCUT2D eigenvalue weighted by Gasteiger charge is 2.31. The smallest absolute Gasteiger partial charge is 0.232 e. The fourth-order valence-corrected chi connectivity index (χ4v) is 4.74. The predicted molar refractivity (Wildman–Crippen MR) is 105 cm³/mol. The van der Waals surface area contributed by atoms with Crippen molar-refractivity contribution in [2.45, 2.75) is 38.4 Å². The van der Waals surface area contributed by atoms with E-state index < -0.39 is 0 Å². The Bertz CT molecular complexity index is 602. The Morgan fingerprint density at radius 1 is 1.12 bits per heavy atom. The summed E-state index contributed by atoms with van der Waals surface area (Å²) in [6.45, 7) is 5.48. The SMILES string of the molecule is CC1CCCN(C(=O)C2CCN(C(=O)CSCc3ccncc3)CC2)C1. The fourth-order valence-electron chi connectivity index (χ4n) is 3.85. The average Bonchev–Trinajstić information content (AvgIpc) is 2.68. The number of rotatable bonds is 5. The molecule has 0 bridgehead atoms. The first-order valence-corrected chi connectivity index (χ1v) is 10.8. The summed E-state index contributed by atoms with van der Waals surface area (Å²) in [5.74, 6) is 2.57. The van der Waals surface area contributed by atoms with Crippen molar-refractivity contribution in [3.8, 4) is 0 Å². The van der Waals surface area contributed by atoms with Gasteiger partial charge in [-0.2, -0.15) is 0 Å². The Labute approximate surface area is 160 Å². The second-order valence-electron chi connectivity index (χ2n) is 7.53. The lowest BCUT2D eigenvalue weighted by Crippen LogP contribution is -2.47. The molecular formula is C20H29N3O2S. The first-order valence-electron chi connectivity index (χ1n) is 9.66. The molecule has 0 saturated carbocycles. The third kappa shape index (κ3) is 5.22. The number of pyridine rings is 1. The number of amides is 2. The summed E-state index contributed by atoms with van der Waals surface area (Å²) in [4.78, 5) is 33.1. The van der Waals surface area contributed by atoms with Gasteiger partial charge in [-0.25, -0.2) is 0 Å². The van der Waals surface area contributed by atoms with Crippen molar-refractivity contribution in [1.29, 1.82) is 0 Å². The van der Waals surface area contributed by atoms with Crippen LogP contribution in [0.5, 0.6) is 0 Å². The summed E-state index contributed by atoms with van der Waals surface area (Å²) in [5.41, 5.74) is 1.19. The summed E-state index contributed by atoms with van der Waals surface area (Å²) < 4.78 is 0. The molecule has 5 nitrogen and oxygen atoms in total. The Hall–Kier alpha value is -1.56. The van der Waals surface area contributed by atoms with E-state index in [1.807, 2.05) is 17.0 Å². The van der Waals surface area contributed by atoms with Crippen LogP contribution in [-0.4, -0.2) is 58.5 Å². The van der Waals surface area contributed by atoms with Crippen LogP contribution < -0.4 is 0 Å². The Balaban J connectivity index is 1.38. The van der Waals surface area contributed by atoms with Crippen LogP contribution in [-0.2, 0) is 15.3 Å². The van der Waals surface area contributed by atoms with Crippen molar-refractivity contribution in [3.63, 3.8) is 0 Å². The molecule has 0 spiro atoms. The third-order valence-corrected chi connectivity index (χ3v) is 6.40. The van der Waals surface area contributed by atoms with Crippen molar-refractivity contribution in [2.75, 3.05) is 31.9 Å². The summed E-state index contributed by atoms with van der Waals surface area (Å²) in [6, 6.07) is 3.96. The average molecular weight is 376 g/mol. The number of likely N-dealkylation sites (tertiary alicyclic amines) is 2. The lowest BCUT2D eigenvalue weighted by Gasteiger charge is -2.37. The highest BCUT2D eigenvalue weighted by atomic mass is 32.2. The van der Waals surface area contributed by atoms with Gasteiger partial charge in [-0.05, 0) is 49.3 Å². The Morgan fingerprint density at radius 3 is 2.54 bits per heavy atom. The van der Waals surface area contributed by atoms with E-state index in [1.54, 1.807) is 24.2 Å². The van der Waals surface area contributed by atoms with Crippen molar-refractivity contribution >= 4 is 23.6 Å². The minimum atomic E-state index is 0.105. The number of carbonyl (C=O) groups is 2. The Kier molecular flexibility index (Phi) is 6.94. The van der Waals surface area contributed by atoms with Gasteiger partial charge in [-0.3, -0.25) is 14.6 Å². The fraction of sp³-hybridized carbons (Fsp3) is 0.650. The molecule has 6 heteroatoms. The number of hydrogen-bond acceptors (Lipinski definition) is 4. The second-order valence-corrected chi connectivity index (χ2v) is 8.52. The minimum absolute atomic E-state index is 0.105. The van der Waals surface area contributed by atoms with E-state index in [-0.39, 0.29) is 11.8 Å². The van der Waals surface area contributed by atoms with Gasteiger partial charge in [-0.1, -0.05) is 6.92 Å². The largest absolute Gasteiger partial charge is 0.342 e. The standard InChI is InChI=1S/C20H29N3O2S/c1-16-3-2-10-23(13-16)20(25)18-6-11-22(12-7-18)19(24)15-26-14-17-4-8-21-9-5-17/h4-5,8-9,16,18H,2-3,6-7,10-15H2,1H3. The van der Waals surface area contributed by atoms with Crippen LogP contribution in [0.25, 0.3) is 0 Å². The lowest BCUT2D eigenvalue weighted by molar-refractivity contribution is -0.141. The van der Waals surface area contributed by atoms with Gasteiger partial charge < -0.3 is 9.80 Å². The van der Waals surface area contributed by atoms with E-state index in [2.05, 4.69) is 16.8 Å². The number of aromatic nitrogens is 1. The molecule has 1 unspecified atom stereocenters. The molecule has 2 aliphatic rings. The molecule has 0 aromatic carbocycles. The quantitative estimate of drug-likeness (QED) is 0.794. The van der Waals surface area contributed by atoms with Gasteiger partial charge in [0.1, 0.15) is 0 Å². The lowest BCUT2D eigenvalue weighted by atomic mass is 9.93. The first kappa shape index (κ1) is 19.2. The molecule has 2 saturated heterocycles. The highest BCUT2D eigenvalue weighted by Crippen LogP contribution is 2.24. The van der Waals surface area contributed by atoms with Crippen molar-refractivity contribution in [2.24, 2.45) is 11.8 Å². The summed E-state index contributed by atoms with van der Waals surface area (Å²) in [7, 11) is 0. The summed E-state index contributed by atoms with van der Waals surface area (Å²) in [5, 5.41) is 0. The zero-order valence-corrected chi connectivity index (χ0v) is 16.4. The maximum Gasteiger partial charge on any atom is 0.232 e. The first-order chi connectivity index (χ1) is 12.6. The van der Waals surface area contributed by atoms with Gasteiger partial charge in [0.25, 0.3) is 0 Å². The highest BCUT2D eigenvalue weighted by molar-refractivity contribution is 7.99. The van der Waals surface area contributed by atoms with E-state index >= 15 is 0 Å². The summed E-state index contributed by atoms with van der Waals surface area (Å²) >= 11 is 1.64. The van der Waals surface area contributed by atoms with Crippen LogP contribution >= 0.6 is 11.8 Å². The molecule has 1 aromatic rings. The monoisotopic (exact) mass is 375 g/mol. The molecule has 3 rings (SSSR count). The normalized spacial score (nSPS) is 21.7. The van der Waals surface area contributed by atoms with E-state index in [9.17, 15) is 9.59 Å². The maximum absolute atomic E-state index is 12.7. The van der Waals surface area contributed by atoms with Gasteiger partial charge >= 0.3 is 0 Å². The molecule has 0 aliphatic carbocycles. The van der Waals surface area contributed by atoms with Crippen molar-refractivity contribution in [1.82, 2.24) is 14.8 Å². The number of piperidine rings is 2. The number of nitrogens with zero attached hydrogens (tertiary/aromatic N) is 3. The van der Waals surface area contributed by atoms with Gasteiger partial charge in [0, 0.05) is 50.2 Å². The number of thioether (sulfide) groups is 1. The van der Waals surface area contributed by atoms with E-state index in [1.165, 1.54) is 12.0 Å². The van der Waals surface area contributed by atoms with E-state index in [4.69, 9.17) is 0 Å².